The summed E-state index contributed by atoms with van der Waals surface area (Å²) in [6.07, 6.45) is 0. The van der Waals surface area contributed by atoms with Crippen molar-refractivity contribution in [2.24, 2.45) is 4.99 Å². The zero-order valence-electron chi connectivity index (χ0n) is 13.3. The predicted molar refractivity (Wildman–Crippen MR) is 110 cm³/mol. The van der Waals surface area contributed by atoms with Gasteiger partial charge in [0.25, 0.3) is 5.91 Å². The lowest BCUT2D eigenvalue weighted by molar-refractivity contribution is 0.0950. The fraction of sp³-hybridized carbons (Fsp3) is 0.222. The van der Waals surface area contributed by atoms with Crippen molar-refractivity contribution in [2.45, 2.75) is 12.3 Å². The summed E-state index contributed by atoms with van der Waals surface area (Å²) in [5.74, 6) is 1.67. The lowest BCUT2D eigenvalue weighted by atomic mass is 10.1. The van der Waals surface area contributed by atoms with Gasteiger partial charge in [0.2, 0.25) is 0 Å². The third kappa shape index (κ3) is 5.17. The molecule has 25 heavy (non-hydrogen) atoms. The first-order chi connectivity index (χ1) is 12.1. The van der Waals surface area contributed by atoms with E-state index < -0.39 is 0 Å². The van der Waals surface area contributed by atoms with Crippen molar-refractivity contribution in [1.82, 2.24) is 5.32 Å². The molecule has 130 valence electrons. The summed E-state index contributed by atoms with van der Waals surface area (Å²) in [7, 11) is 0. The maximum atomic E-state index is 12.6. The number of nitrogens with one attached hydrogen (secondary N) is 1. The zero-order valence-corrected chi connectivity index (χ0v) is 16.4. The van der Waals surface area contributed by atoms with Gasteiger partial charge in [0.1, 0.15) is 4.38 Å². The predicted octanol–water partition coefficient (Wildman–Crippen LogP) is 5.26. The van der Waals surface area contributed by atoms with Gasteiger partial charge < -0.3 is 5.32 Å². The number of aliphatic imine (C=N–C) groups is 1. The van der Waals surface area contributed by atoms with Crippen LogP contribution >= 0.6 is 46.7 Å². The molecule has 0 aromatic heterocycles. The van der Waals surface area contributed by atoms with Crippen LogP contribution in [-0.2, 0) is 12.3 Å². The molecule has 3 rings (SSSR count). The van der Waals surface area contributed by atoms with Gasteiger partial charge in [-0.15, -0.1) is 0 Å². The molecule has 1 heterocycles. The number of rotatable bonds is 5. The summed E-state index contributed by atoms with van der Waals surface area (Å²) in [6, 6.07) is 12.9. The highest BCUT2D eigenvalue weighted by Gasteiger charge is 2.14. The Morgan fingerprint density at radius 3 is 2.80 bits per heavy atom. The molecule has 2 aromatic rings. The molecule has 0 bridgehead atoms. The van der Waals surface area contributed by atoms with Gasteiger partial charge in [0.15, 0.2) is 0 Å². The Morgan fingerprint density at radius 2 is 2.04 bits per heavy atom. The summed E-state index contributed by atoms with van der Waals surface area (Å²) in [5.41, 5.74) is 2.52. The second-order valence-corrected chi connectivity index (χ2v) is 8.51. The normalized spacial score (nSPS) is 13.6. The van der Waals surface area contributed by atoms with E-state index in [0.717, 1.165) is 33.6 Å². The van der Waals surface area contributed by atoms with E-state index in [-0.39, 0.29) is 5.91 Å². The average Bonchev–Trinajstić information content (AvgIpc) is 3.13. The van der Waals surface area contributed by atoms with Crippen LogP contribution in [0.1, 0.15) is 21.5 Å². The van der Waals surface area contributed by atoms with Gasteiger partial charge in [-0.1, -0.05) is 71.0 Å². The smallest absolute Gasteiger partial charge is 0.251 e. The molecule has 0 aliphatic carbocycles. The van der Waals surface area contributed by atoms with Crippen molar-refractivity contribution in [3.8, 4) is 0 Å². The van der Waals surface area contributed by atoms with E-state index in [1.165, 1.54) is 0 Å². The average molecular weight is 411 g/mol. The number of nitrogens with zero attached hydrogens (tertiary/aromatic N) is 1. The van der Waals surface area contributed by atoms with Crippen LogP contribution in [0.25, 0.3) is 0 Å². The quantitative estimate of drug-likeness (QED) is 0.730. The maximum absolute atomic E-state index is 12.6. The molecule has 1 aliphatic rings. The third-order valence-corrected chi connectivity index (χ3v) is 6.51. The van der Waals surface area contributed by atoms with Crippen LogP contribution in [0.15, 0.2) is 47.5 Å². The van der Waals surface area contributed by atoms with Crippen LogP contribution in [-0.4, -0.2) is 22.6 Å². The summed E-state index contributed by atoms with van der Waals surface area (Å²) >= 11 is 15.5. The number of carbonyl (C=O) groups is 1. The largest absolute Gasteiger partial charge is 0.348 e. The summed E-state index contributed by atoms with van der Waals surface area (Å²) in [5, 5.41) is 4.06. The molecule has 0 fully saturated rings. The molecule has 1 amide bonds. The Bertz CT molecular complexity index is 811. The first kappa shape index (κ1) is 18.6. The van der Waals surface area contributed by atoms with Crippen molar-refractivity contribution >= 4 is 57.0 Å². The first-order valence-corrected chi connectivity index (χ1v) is 10.5. The molecular weight excluding hydrogens is 395 g/mol. The molecule has 0 atom stereocenters. The van der Waals surface area contributed by atoms with E-state index in [1.54, 1.807) is 35.7 Å². The van der Waals surface area contributed by atoms with Gasteiger partial charge in [0, 0.05) is 33.7 Å². The van der Waals surface area contributed by atoms with E-state index in [4.69, 9.17) is 23.2 Å². The van der Waals surface area contributed by atoms with Crippen LogP contribution in [0.5, 0.6) is 0 Å². The van der Waals surface area contributed by atoms with Gasteiger partial charge in [-0.25, -0.2) is 0 Å². The summed E-state index contributed by atoms with van der Waals surface area (Å²) in [6.45, 7) is 1.25. The van der Waals surface area contributed by atoms with Crippen LogP contribution in [0.3, 0.4) is 0 Å². The van der Waals surface area contributed by atoms with Gasteiger partial charge in [-0.05, 0) is 29.3 Å². The molecule has 0 saturated carbocycles. The molecule has 0 saturated heterocycles. The molecular formula is C18H16Cl2N2OS2. The third-order valence-electron chi connectivity index (χ3n) is 3.63. The number of thioether (sulfide) groups is 2. The molecule has 3 nitrogen and oxygen atoms in total. The second kappa shape index (κ2) is 8.99. The molecule has 1 N–H and O–H groups in total. The highest BCUT2D eigenvalue weighted by Crippen LogP contribution is 2.26. The van der Waals surface area contributed by atoms with Crippen LogP contribution < -0.4 is 5.32 Å². The molecule has 7 heteroatoms. The lowest BCUT2D eigenvalue weighted by Crippen LogP contribution is -2.24. The van der Waals surface area contributed by atoms with E-state index in [0.29, 0.717) is 22.2 Å². The van der Waals surface area contributed by atoms with Crippen molar-refractivity contribution in [2.75, 3.05) is 12.3 Å². The minimum atomic E-state index is -0.108. The minimum absolute atomic E-state index is 0.108. The van der Waals surface area contributed by atoms with Crippen molar-refractivity contribution in [3.63, 3.8) is 0 Å². The van der Waals surface area contributed by atoms with Crippen LogP contribution in [0.4, 0.5) is 0 Å². The summed E-state index contributed by atoms with van der Waals surface area (Å²) in [4.78, 5) is 17.0. The molecule has 0 unspecified atom stereocenters. The van der Waals surface area contributed by atoms with E-state index in [2.05, 4.69) is 10.3 Å². The highest BCUT2D eigenvalue weighted by molar-refractivity contribution is 8.38. The fourth-order valence-electron chi connectivity index (χ4n) is 2.35. The maximum Gasteiger partial charge on any atom is 0.251 e. The Balaban J connectivity index is 1.65. The number of halogens is 2. The number of benzene rings is 2. The first-order valence-electron chi connectivity index (χ1n) is 7.73. The highest BCUT2D eigenvalue weighted by atomic mass is 35.5. The monoisotopic (exact) mass is 410 g/mol. The minimum Gasteiger partial charge on any atom is -0.348 e. The molecule has 2 aromatic carbocycles. The topological polar surface area (TPSA) is 41.5 Å². The van der Waals surface area contributed by atoms with Crippen LogP contribution in [0.2, 0.25) is 10.0 Å². The van der Waals surface area contributed by atoms with E-state index in [1.807, 2.05) is 30.3 Å². The Hall–Kier alpha value is -1.14. The van der Waals surface area contributed by atoms with Gasteiger partial charge in [0.05, 0.1) is 6.54 Å². The van der Waals surface area contributed by atoms with Crippen molar-refractivity contribution < 1.29 is 4.79 Å². The number of carbonyl (C=O) groups excluding carboxylic acids is 1. The number of amides is 1. The zero-order chi connectivity index (χ0) is 17.6. The Morgan fingerprint density at radius 1 is 1.20 bits per heavy atom. The standard InChI is InChI=1S/C18H16Cl2N2OS2/c19-14-6-5-12(16(20)9-14)10-22-17(23)15-4-2-1-3-13(15)11-25-18-21-7-8-24-18/h1-6,9H,7-8,10-11H2,(H,22,23). The van der Waals surface area contributed by atoms with Gasteiger partial charge >= 0.3 is 0 Å². The van der Waals surface area contributed by atoms with E-state index >= 15 is 0 Å². The van der Waals surface area contributed by atoms with E-state index in [9.17, 15) is 4.79 Å². The lowest BCUT2D eigenvalue weighted by Gasteiger charge is -2.11. The SMILES string of the molecule is O=C(NCc1ccc(Cl)cc1Cl)c1ccccc1CSC1=NCCS1. The summed E-state index contributed by atoms with van der Waals surface area (Å²) < 4.78 is 1.10. The second-order valence-electron chi connectivity index (χ2n) is 5.36. The van der Waals surface area contributed by atoms with Crippen molar-refractivity contribution in [3.05, 3.63) is 69.2 Å². The molecule has 0 radical (unpaired) electrons. The van der Waals surface area contributed by atoms with Crippen LogP contribution in [0, 0.1) is 0 Å². The fourth-order valence-corrected chi connectivity index (χ4v) is 4.83. The van der Waals surface area contributed by atoms with Gasteiger partial charge in [-0.3, -0.25) is 9.79 Å². The van der Waals surface area contributed by atoms with Crippen molar-refractivity contribution in [1.29, 1.82) is 0 Å². The molecule has 1 aliphatic heterocycles. The van der Waals surface area contributed by atoms with Gasteiger partial charge in [-0.2, -0.15) is 0 Å². The number of hydrogen-bond acceptors (Lipinski definition) is 4. The number of hydrogen-bond donors (Lipinski definition) is 1. The Kier molecular flexibility index (Phi) is 6.70. The molecule has 0 spiro atoms. The Labute approximate surface area is 165 Å².